The van der Waals surface area contributed by atoms with Crippen molar-refractivity contribution in [1.82, 2.24) is 20.2 Å². The van der Waals surface area contributed by atoms with E-state index in [9.17, 15) is 9.59 Å². The normalized spacial score (nSPS) is 13.5. The van der Waals surface area contributed by atoms with E-state index >= 15 is 0 Å². The van der Waals surface area contributed by atoms with Crippen molar-refractivity contribution >= 4 is 40.1 Å². The molecule has 40 heavy (non-hydrogen) atoms. The minimum absolute atomic E-state index is 0.147. The third kappa shape index (κ3) is 6.82. The van der Waals surface area contributed by atoms with Crippen molar-refractivity contribution in [2.45, 2.75) is 6.92 Å². The lowest BCUT2D eigenvalue weighted by atomic mass is 10.1. The van der Waals surface area contributed by atoms with Gasteiger partial charge in [0, 0.05) is 60.5 Å². The van der Waals surface area contributed by atoms with E-state index in [-0.39, 0.29) is 5.91 Å². The van der Waals surface area contributed by atoms with Crippen LogP contribution in [0.2, 0.25) is 0 Å². The molecule has 2 heterocycles. The molecule has 2 amide bonds. The average Bonchev–Trinajstić information content (AvgIpc) is 2.94. The van der Waals surface area contributed by atoms with Gasteiger partial charge in [0.1, 0.15) is 5.75 Å². The topological polar surface area (TPSA) is 138 Å². The first-order valence-corrected chi connectivity index (χ1v) is 12.9. The van der Waals surface area contributed by atoms with Crippen LogP contribution in [0, 0.1) is 6.92 Å². The number of rotatable bonds is 9. The molecule has 4 N–H and O–H groups in total. The van der Waals surface area contributed by atoms with E-state index in [4.69, 9.17) is 14.6 Å². The molecular weight excluding hydrogens is 512 g/mol. The predicted molar refractivity (Wildman–Crippen MR) is 152 cm³/mol. The molecule has 1 aromatic heterocycles. The summed E-state index contributed by atoms with van der Waals surface area (Å²) in [6, 6.07) is 17.8. The maximum Gasteiger partial charge on any atom is 0.409 e. The molecule has 1 saturated heterocycles. The smallest absolute Gasteiger partial charge is 0.409 e. The Labute approximate surface area is 231 Å². The lowest BCUT2D eigenvalue weighted by Gasteiger charge is -2.26. The van der Waals surface area contributed by atoms with Crippen molar-refractivity contribution in [2.24, 2.45) is 0 Å². The van der Waals surface area contributed by atoms with Gasteiger partial charge in [0.15, 0.2) is 0 Å². The number of fused-ring (bicyclic) bond motifs is 1. The van der Waals surface area contributed by atoms with Gasteiger partial charge in [-0.05, 0) is 42.8 Å². The van der Waals surface area contributed by atoms with Crippen molar-refractivity contribution < 1.29 is 24.2 Å². The molecule has 4 aromatic rings. The Balaban J connectivity index is 1.27. The van der Waals surface area contributed by atoms with Crippen molar-refractivity contribution in [3.8, 4) is 11.6 Å². The number of nitrogens with one attached hydrogen (secondary N) is 3. The number of hydrogen-bond donors (Lipinski definition) is 4. The zero-order chi connectivity index (χ0) is 27.9. The Morgan fingerprint density at radius 1 is 1.05 bits per heavy atom. The fourth-order valence-electron chi connectivity index (χ4n) is 4.53. The van der Waals surface area contributed by atoms with E-state index in [2.05, 4.69) is 30.8 Å². The monoisotopic (exact) mass is 542 g/mol. The lowest BCUT2D eigenvalue weighted by Crippen LogP contribution is -2.41. The summed E-state index contributed by atoms with van der Waals surface area (Å²) in [5.74, 6) is 0.971. The molecule has 0 spiro atoms. The van der Waals surface area contributed by atoms with Gasteiger partial charge in [-0.2, -0.15) is 4.98 Å². The van der Waals surface area contributed by atoms with Crippen LogP contribution in [-0.4, -0.2) is 71.4 Å². The molecule has 1 aliphatic rings. The van der Waals surface area contributed by atoms with Crippen LogP contribution in [0.5, 0.6) is 11.6 Å². The number of benzene rings is 3. The molecule has 1 fully saturated rings. The molecule has 206 valence electrons. The third-order valence-electron chi connectivity index (χ3n) is 6.38. The summed E-state index contributed by atoms with van der Waals surface area (Å²) in [5.41, 5.74) is 2.58. The van der Waals surface area contributed by atoms with E-state index in [0.717, 1.165) is 43.8 Å². The Hall–Kier alpha value is -4.74. The van der Waals surface area contributed by atoms with Crippen LogP contribution in [-0.2, 0) is 4.74 Å². The zero-order valence-electron chi connectivity index (χ0n) is 22.0. The molecule has 1 aliphatic heterocycles. The van der Waals surface area contributed by atoms with Crippen molar-refractivity contribution in [3.63, 3.8) is 0 Å². The lowest BCUT2D eigenvalue weighted by molar-refractivity contribution is 0.0383. The van der Waals surface area contributed by atoms with Gasteiger partial charge in [-0.25, -0.2) is 9.78 Å². The molecule has 5 rings (SSSR count). The predicted octanol–water partition coefficient (Wildman–Crippen LogP) is 4.63. The van der Waals surface area contributed by atoms with E-state index in [1.54, 1.807) is 30.5 Å². The fourth-order valence-corrected chi connectivity index (χ4v) is 4.53. The fraction of sp³-hybridized carbons (Fsp3) is 0.241. The van der Waals surface area contributed by atoms with Crippen LogP contribution in [0.25, 0.3) is 10.8 Å². The van der Waals surface area contributed by atoms with Crippen LogP contribution in [0.1, 0.15) is 15.9 Å². The van der Waals surface area contributed by atoms with Gasteiger partial charge in [0.2, 0.25) is 11.8 Å². The number of aryl methyl sites for hydroxylation is 1. The number of anilines is 3. The minimum Gasteiger partial charge on any atom is -0.465 e. The van der Waals surface area contributed by atoms with Gasteiger partial charge in [0.25, 0.3) is 5.91 Å². The summed E-state index contributed by atoms with van der Waals surface area (Å²) in [7, 11) is 0. The summed E-state index contributed by atoms with van der Waals surface area (Å²) in [6.07, 6.45) is 0.428. The molecule has 11 nitrogen and oxygen atoms in total. The molecular formula is C29H30N6O5. The number of carbonyl (C=O) groups excluding carboxylic acids is 1. The van der Waals surface area contributed by atoms with Crippen molar-refractivity contribution in [3.05, 3.63) is 78.0 Å². The van der Waals surface area contributed by atoms with Crippen LogP contribution >= 0.6 is 0 Å². The van der Waals surface area contributed by atoms with Crippen molar-refractivity contribution in [2.75, 3.05) is 50.0 Å². The molecule has 11 heteroatoms. The molecule has 0 saturated carbocycles. The van der Waals surface area contributed by atoms with E-state index < -0.39 is 6.09 Å². The minimum atomic E-state index is -1.14. The standard InChI is InChI=1S/C29H30N6O5/c1-19-16-20(27(36)30-10-11-35-12-14-39-15-13-35)18-21(17-19)32-28-31-9-8-26(34-28)40-25-7-6-24(33-29(37)38)22-4-2-3-5-23(22)25/h2-9,16-18,33H,10-15H2,1H3,(H,30,36)(H,37,38)(H,31,32,34). The largest absolute Gasteiger partial charge is 0.465 e. The van der Waals surface area contributed by atoms with Gasteiger partial charge >= 0.3 is 6.09 Å². The highest BCUT2D eigenvalue weighted by atomic mass is 16.5. The van der Waals surface area contributed by atoms with E-state index in [0.29, 0.717) is 46.4 Å². The number of amides is 2. The van der Waals surface area contributed by atoms with E-state index in [1.807, 2.05) is 43.3 Å². The maximum atomic E-state index is 12.8. The highest BCUT2D eigenvalue weighted by Crippen LogP contribution is 2.34. The molecule has 0 bridgehead atoms. The van der Waals surface area contributed by atoms with Crippen LogP contribution in [0.3, 0.4) is 0 Å². The zero-order valence-corrected chi connectivity index (χ0v) is 22.0. The second-order valence-electron chi connectivity index (χ2n) is 9.33. The van der Waals surface area contributed by atoms with Gasteiger partial charge < -0.3 is 25.2 Å². The summed E-state index contributed by atoms with van der Waals surface area (Å²) in [5, 5.41) is 19.1. The first-order chi connectivity index (χ1) is 19.4. The highest BCUT2D eigenvalue weighted by Gasteiger charge is 2.13. The first kappa shape index (κ1) is 26.9. The SMILES string of the molecule is Cc1cc(Nc2nccc(Oc3ccc(NC(=O)O)c4ccccc34)n2)cc(C(=O)NCCN2CCOCC2)c1. The average molecular weight is 543 g/mol. The van der Waals surface area contributed by atoms with Gasteiger partial charge in [0.05, 0.1) is 18.9 Å². The molecule has 0 atom stereocenters. The number of morpholine rings is 1. The summed E-state index contributed by atoms with van der Waals surface area (Å²) >= 11 is 0. The third-order valence-corrected chi connectivity index (χ3v) is 6.38. The van der Waals surface area contributed by atoms with Gasteiger partial charge in [-0.15, -0.1) is 0 Å². The second-order valence-corrected chi connectivity index (χ2v) is 9.33. The number of hydrogen-bond acceptors (Lipinski definition) is 8. The number of aromatic nitrogens is 2. The van der Waals surface area contributed by atoms with Crippen LogP contribution < -0.4 is 20.7 Å². The number of nitrogens with zero attached hydrogens (tertiary/aromatic N) is 3. The summed E-state index contributed by atoms with van der Waals surface area (Å²) in [4.78, 5) is 35.0. The first-order valence-electron chi connectivity index (χ1n) is 12.9. The Bertz CT molecular complexity index is 1520. The summed E-state index contributed by atoms with van der Waals surface area (Å²) < 4.78 is 11.4. The molecule has 0 unspecified atom stereocenters. The maximum absolute atomic E-state index is 12.8. The van der Waals surface area contributed by atoms with Crippen molar-refractivity contribution in [1.29, 1.82) is 0 Å². The Kier molecular flexibility index (Phi) is 8.33. The summed E-state index contributed by atoms with van der Waals surface area (Å²) in [6.45, 7) is 6.46. The molecule has 3 aromatic carbocycles. The van der Waals surface area contributed by atoms with E-state index in [1.165, 1.54) is 0 Å². The van der Waals surface area contributed by atoms with Crippen LogP contribution in [0.15, 0.2) is 66.9 Å². The number of ether oxygens (including phenoxy) is 2. The Morgan fingerprint density at radius 2 is 1.85 bits per heavy atom. The second kappa shape index (κ2) is 12.4. The molecule has 0 aliphatic carbocycles. The number of carboxylic acid groups (broad SMARTS) is 1. The van der Waals surface area contributed by atoms with Gasteiger partial charge in [-0.1, -0.05) is 24.3 Å². The van der Waals surface area contributed by atoms with Gasteiger partial charge in [-0.3, -0.25) is 15.0 Å². The van der Waals surface area contributed by atoms with Crippen LogP contribution in [0.4, 0.5) is 22.1 Å². The number of carbonyl (C=O) groups is 2. The molecule has 0 radical (unpaired) electrons. The quantitative estimate of drug-likeness (QED) is 0.239. The Morgan fingerprint density at radius 3 is 2.65 bits per heavy atom. The highest BCUT2D eigenvalue weighted by molar-refractivity contribution is 6.02.